The van der Waals surface area contributed by atoms with Crippen molar-refractivity contribution in [3.05, 3.63) is 17.0 Å². The molecule has 0 aliphatic carbocycles. The van der Waals surface area contributed by atoms with Crippen LogP contribution >= 0.6 is 0 Å². The smallest absolute Gasteiger partial charge is 0.272 e. The third-order valence-electron chi connectivity index (χ3n) is 2.10. The Hall–Kier alpha value is -1.32. The van der Waals surface area contributed by atoms with Gasteiger partial charge in [-0.25, -0.2) is 0 Å². The summed E-state index contributed by atoms with van der Waals surface area (Å²) in [7, 11) is 1.85. The Morgan fingerprint density at radius 1 is 1.43 bits per heavy atom. The van der Waals surface area contributed by atoms with E-state index in [4.69, 9.17) is 0 Å². The molecule has 0 fully saturated rings. The first-order valence-corrected chi connectivity index (χ1v) is 4.51. The van der Waals surface area contributed by atoms with E-state index in [0.717, 1.165) is 11.3 Å². The van der Waals surface area contributed by atoms with E-state index in [1.807, 2.05) is 27.8 Å². The van der Waals surface area contributed by atoms with E-state index >= 15 is 0 Å². The van der Waals surface area contributed by atoms with E-state index in [9.17, 15) is 4.79 Å². The van der Waals surface area contributed by atoms with Gasteiger partial charge in [0.2, 0.25) is 0 Å². The van der Waals surface area contributed by atoms with Gasteiger partial charge >= 0.3 is 0 Å². The molecule has 4 nitrogen and oxygen atoms in total. The predicted octanol–water partition coefficient (Wildman–Crippen LogP) is 1.63. The molecule has 4 heteroatoms. The second-order valence-corrected chi connectivity index (χ2v) is 2.72. The van der Waals surface area contributed by atoms with Crippen molar-refractivity contribution < 1.29 is 4.79 Å². The molecule has 0 saturated heterocycles. The van der Waals surface area contributed by atoms with Gasteiger partial charge in [-0.3, -0.25) is 9.48 Å². The molecule has 80 valence electrons. The molecule has 14 heavy (non-hydrogen) atoms. The van der Waals surface area contributed by atoms with Crippen molar-refractivity contribution in [3.8, 4) is 0 Å². The van der Waals surface area contributed by atoms with E-state index in [-0.39, 0.29) is 13.3 Å². The van der Waals surface area contributed by atoms with Crippen molar-refractivity contribution in [1.29, 1.82) is 0 Å². The number of carbonyl (C=O) groups excluding carboxylic acids is 1. The summed E-state index contributed by atoms with van der Waals surface area (Å²) in [6.07, 6.45) is 0. The minimum atomic E-state index is -0.0521. The van der Waals surface area contributed by atoms with Gasteiger partial charge in [0.25, 0.3) is 5.91 Å². The highest BCUT2D eigenvalue weighted by atomic mass is 16.2. The first-order valence-electron chi connectivity index (χ1n) is 4.51. The van der Waals surface area contributed by atoms with E-state index in [1.54, 1.807) is 4.68 Å². The van der Waals surface area contributed by atoms with Gasteiger partial charge in [-0.15, -0.1) is 0 Å². The number of nitrogens with one attached hydrogen (secondary N) is 1. The molecule has 1 amide bonds. The van der Waals surface area contributed by atoms with Crippen LogP contribution in [0, 0.1) is 6.92 Å². The van der Waals surface area contributed by atoms with Gasteiger partial charge in [0.1, 0.15) is 0 Å². The van der Waals surface area contributed by atoms with Crippen molar-refractivity contribution in [3.63, 3.8) is 0 Å². The summed E-state index contributed by atoms with van der Waals surface area (Å²) in [5.74, 6) is -0.0521. The van der Waals surface area contributed by atoms with E-state index in [0.29, 0.717) is 12.2 Å². The van der Waals surface area contributed by atoms with Crippen LogP contribution in [0.2, 0.25) is 0 Å². The Labute approximate surface area is 85.3 Å². The van der Waals surface area contributed by atoms with Crippen LogP contribution in [0.5, 0.6) is 0 Å². The molecular weight excluding hydrogens is 178 g/mol. The zero-order valence-corrected chi connectivity index (χ0v) is 8.51. The van der Waals surface area contributed by atoms with E-state index < -0.39 is 0 Å². The Kier molecular flexibility index (Phi) is 4.34. The fraction of sp³-hybridized carbons (Fsp3) is 0.600. The molecule has 0 bridgehead atoms. The van der Waals surface area contributed by atoms with Gasteiger partial charge in [-0.2, -0.15) is 5.10 Å². The number of carbonyl (C=O) groups is 1. The van der Waals surface area contributed by atoms with Crippen molar-refractivity contribution in [1.82, 2.24) is 15.1 Å². The van der Waals surface area contributed by atoms with Crippen molar-refractivity contribution in [2.75, 3.05) is 0 Å². The van der Waals surface area contributed by atoms with Crippen LogP contribution in [0.3, 0.4) is 0 Å². The van der Waals surface area contributed by atoms with Crippen LogP contribution in [-0.4, -0.2) is 15.7 Å². The summed E-state index contributed by atoms with van der Waals surface area (Å²) in [4.78, 5) is 11.0. The normalized spacial score (nSPS) is 12.1. The van der Waals surface area contributed by atoms with Gasteiger partial charge in [0, 0.05) is 24.8 Å². The molecule has 0 aromatic carbocycles. The number of hydrogen-bond donors (Lipinski definition) is 1. The van der Waals surface area contributed by atoms with Crippen molar-refractivity contribution in [2.45, 2.75) is 34.7 Å². The summed E-state index contributed by atoms with van der Waals surface area (Å²) in [6.45, 7) is 6.60. The monoisotopic (exact) mass is 197 g/mol. The number of aromatic nitrogens is 2. The molecule has 1 aliphatic heterocycles. The van der Waals surface area contributed by atoms with Crippen LogP contribution in [0.15, 0.2) is 0 Å². The molecule has 1 aliphatic rings. The molecule has 1 aromatic rings. The number of amides is 1. The topological polar surface area (TPSA) is 46.9 Å². The largest absolute Gasteiger partial charge is 0.346 e. The second-order valence-electron chi connectivity index (χ2n) is 2.72. The van der Waals surface area contributed by atoms with Gasteiger partial charge < -0.3 is 5.32 Å². The molecule has 2 rings (SSSR count). The molecule has 0 atom stereocenters. The number of nitrogens with zero attached hydrogens (tertiary/aromatic N) is 2. The number of hydrogen-bond acceptors (Lipinski definition) is 2. The van der Waals surface area contributed by atoms with E-state index in [2.05, 4.69) is 10.4 Å². The molecule has 2 heterocycles. The van der Waals surface area contributed by atoms with Crippen LogP contribution in [0.4, 0.5) is 0 Å². The number of rotatable bonds is 0. The minimum Gasteiger partial charge on any atom is -0.346 e. The lowest BCUT2D eigenvalue weighted by Crippen LogP contribution is -2.15. The average Bonchev–Trinajstić information content (AvgIpc) is 2.62. The molecule has 1 aromatic heterocycles. The zero-order chi connectivity index (χ0) is 10.0. The SMILES string of the molecule is C.CC.Cc1c2c(nn1C)C(=O)NC2. The van der Waals surface area contributed by atoms with Gasteiger partial charge in [0.15, 0.2) is 5.69 Å². The molecule has 0 saturated carbocycles. The van der Waals surface area contributed by atoms with Crippen molar-refractivity contribution >= 4 is 5.91 Å². The maximum Gasteiger partial charge on any atom is 0.272 e. The Balaban J connectivity index is 0.000000531. The Morgan fingerprint density at radius 2 is 2.00 bits per heavy atom. The predicted molar refractivity (Wildman–Crippen MR) is 57.2 cm³/mol. The first kappa shape index (κ1) is 12.7. The average molecular weight is 197 g/mol. The molecule has 0 unspecified atom stereocenters. The lowest BCUT2D eigenvalue weighted by atomic mass is 10.2. The van der Waals surface area contributed by atoms with Crippen LogP contribution < -0.4 is 5.32 Å². The Morgan fingerprint density at radius 3 is 2.50 bits per heavy atom. The maximum absolute atomic E-state index is 11.0. The second kappa shape index (κ2) is 4.79. The van der Waals surface area contributed by atoms with Gasteiger partial charge in [-0.05, 0) is 6.92 Å². The summed E-state index contributed by atoms with van der Waals surface area (Å²) in [5.41, 5.74) is 2.70. The zero-order valence-electron chi connectivity index (χ0n) is 8.51. The fourth-order valence-electron chi connectivity index (χ4n) is 1.30. The van der Waals surface area contributed by atoms with E-state index in [1.165, 1.54) is 0 Å². The Bertz CT molecular complexity index is 328. The van der Waals surface area contributed by atoms with Crippen LogP contribution in [0.25, 0.3) is 0 Å². The number of aryl methyl sites for hydroxylation is 1. The fourth-order valence-corrected chi connectivity index (χ4v) is 1.30. The highest BCUT2D eigenvalue weighted by Crippen LogP contribution is 2.16. The van der Waals surface area contributed by atoms with Gasteiger partial charge in [0.05, 0.1) is 0 Å². The van der Waals surface area contributed by atoms with Gasteiger partial charge in [-0.1, -0.05) is 21.3 Å². The lowest BCUT2D eigenvalue weighted by Gasteiger charge is -1.95. The molecule has 0 radical (unpaired) electrons. The molecular formula is C10H19N3O. The lowest BCUT2D eigenvalue weighted by molar-refractivity contribution is 0.0960. The number of fused-ring (bicyclic) bond motifs is 1. The summed E-state index contributed by atoms with van der Waals surface area (Å²) >= 11 is 0. The first-order chi connectivity index (χ1) is 6.20. The van der Waals surface area contributed by atoms with Crippen molar-refractivity contribution in [2.24, 2.45) is 7.05 Å². The maximum atomic E-state index is 11.0. The van der Waals surface area contributed by atoms with Crippen LogP contribution in [0.1, 0.15) is 43.0 Å². The third kappa shape index (κ3) is 1.78. The quantitative estimate of drug-likeness (QED) is 0.687. The molecule has 0 spiro atoms. The summed E-state index contributed by atoms with van der Waals surface area (Å²) in [5, 5.41) is 6.79. The summed E-state index contributed by atoms with van der Waals surface area (Å²) < 4.78 is 1.74. The highest BCUT2D eigenvalue weighted by molar-refractivity contribution is 5.96. The standard InChI is InChI=1S/C7H9N3O.C2H6.CH4/c1-4-5-3-8-7(11)6(5)9-10(4)2;1-2;/h3H2,1-2H3,(H,8,11);1-2H3;1H4. The molecule has 1 N–H and O–H groups in total. The summed E-state index contributed by atoms with van der Waals surface area (Å²) in [6, 6.07) is 0. The highest BCUT2D eigenvalue weighted by Gasteiger charge is 2.24. The minimum absolute atomic E-state index is 0. The van der Waals surface area contributed by atoms with Crippen LogP contribution in [-0.2, 0) is 13.6 Å². The third-order valence-corrected chi connectivity index (χ3v) is 2.10.